The zero-order valence-corrected chi connectivity index (χ0v) is 19.8. The van der Waals surface area contributed by atoms with Gasteiger partial charge in [0.25, 0.3) is 11.8 Å². The number of para-hydroxylation sites is 1. The van der Waals surface area contributed by atoms with Gasteiger partial charge in [-0.2, -0.15) is 0 Å². The van der Waals surface area contributed by atoms with Crippen molar-refractivity contribution >= 4 is 41.2 Å². The normalized spacial score (nSPS) is 13.9. The molecule has 5 amide bonds. The summed E-state index contributed by atoms with van der Waals surface area (Å²) in [7, 11) is 0. The van der Waals surface area contributed by atoms with Crippen molar-refractivity contribution in [1.29, 1.82) is 0 Å². The second-order valence-corrected chi connectivity index (χ2v) is 8.18. The molecule has 188 valence electrons. The van der Waals surface area contributed by atoms with Crippen molar-refractivity contribution in [2.24, 2.45) is 0 Å². The van der Waals surface area contributed by atoms with E-state index in [4.69, 9.17) is 4.74 Å². The minimum atomic E-state index is -0.764. The number of ether oxygens (including phenoxy) is 1. The Hall–Kier alpha value is -4.99. The van der Waals surface area contributed by atoms with Crippen LogP contribution in [-0.4, -0.2) is 41.8 Å². The van der Waals surface area contributed by atoms with E-state index < -0.39 is 30.2 Å². The van der Waals surface area contributed by atoms with Gasteiger partial charge in [-0.1, -0.05) is 42.0 Å². The van der Waals surface area contributed by atoms with Crippen LogP contribution in [0.2, 0.25) is 0 Å². The van der Waals surface area contributed by atoms with Gasteiger partial charge < -0.3 is 20.7 Å². The molecule has 0 unspecified atom stereocenters. The molecule has 1 aliphatic rings. The highest BCUT2D eigenvalue weighted by Crippen LogP contribution is 2.18. The van der Waals surface area contributed by atoms with Crippen molar-refractivity contribution in [3.63, 3.8) is 0 Å². The Balaban J connectivity index is 1.31. The number of benzene rings is 3. The smallest absolute Gasteiger partial charge is 0.329 e. The number of hydrogen-bond acceptors (Lipinski definition) is 5. The van der Waals surface area contributed by atoms with E-state index in [2.05, 4.69) is 16.0 Å². The number of carbonyl (C=O) groups excluding carboxylic acids is 4. The van der Waals surface area contributed by atoms with E-state index in [0.29, 0.717) is 17.0 Å². The van der Waals surface area contributed by atoms with Crippen molar-refractivity contribution in [2.45, 2.75) is 6.92 Å². The molecule has 0 spiro atoms. The number of aryl methyl sites for hydroxylation is 1. The van der Waals surface area contributed by atoms with Crippen LogP contribution in [0.5, 0.6) is 5.75 Å². The minimum Gasteiger partial charge on any atom is -0.484 e. The monoisotopic (exact) mass is 502 g/mol. The summed E-state index contributed by atoms with van der Waals surface area (Å²) < 4.78 is 19.2. The first-order chi connectivity index (χ1) is 17.8. The second-order valence-electron chi connectivity index (χ2n) is 8.18. The predicted octanol–water partition coefficient (Wildman–Crippen LogP) is 3.68. The van der Waals surface area contributed by atoms with Crippen LogP contribution in [0.4, 0.5) is 20.6 Å². The molecule has 3 N–H and O–H groups in total. The molecule has 3 aromatic carbocycles. The van der Waals surface area contributed by atoms with Gasteiger partial charge in [0.15, 0.2) is 6.61 Å². The summed E-state index contributed by atoms with van der Waals surface area (Å²) in [6, 6.07) is 18.7. The molecule has 3 aromatic rings. The van der Waals surface area contributed by atoms with Crippen LogP contribution in [-0.2, 0) is 14.4 Å². The lowest BCUT2D eigenvalue weighted by atomic mass is 10.2. The van der Waals surface area contributed by atoms with Crippen molar-refractivity contribution in [2.75, 3.05) is 23.8 Å². The molecule has 0 aliphatic carbocycles. The summed E-state index contributed by atoms with van der Waals surface area (Å²) in [5.41, 5.74) is 2.27. The predicted molar refractivity (Wildman–Crippen MR) is 135 cm³/mol. The molecule has 1 saturated heterocycles. The SMILES string of the molecule is Cc1ccc(NC(=O)COc2ccc(/C=C3/NC(=O)N(CC(=O)Nc4ccccc4F)C3=O)cc2)cc1. The summed E-state index contributed by atoms with van der Waals surface area (Å²) >= 11 is 0. The number of imide groups is 1. The van der Waals surface area contributed by atoms with Crippen LogP contribution in [0.25, 0.3) is 6.08 Å². The number of anilines is 2. The lowest BCUT2D eigenvalue weighted by Crippen LogP contribution is -2.38. The minimum absolute atomic E-state index is 0.0187. The zero-order valence-electron chi connectivity index (χ0n) is 19.8. The summed E-state index contributed by atoms with van der Waals surface area (Å²) in [5, 5.41) is 7.50. The second kappa shape index (κ2) is 11.2. The number of urea groups is 1. The first kappa shape index (κ1) is 25.1. The molecule has 10 heteroatoms. The van der Waals surface area contributed by atoms with Crippen LogP contribution in [0.1, 0.15) is 11.1 Å². The molecule has 9 nitrogen and oxygen atoms in total. The topological polar surface area (TPSA) is 117 Å². The maximum Gasteiger partial charge on any atom is 0.329 e. The fourth-order valence-corrected chi connectivity index (χ4v) is 3.42. The van der Waals surface area contributed by atoms with E-state index in [1.165, 1.54) is 24.3 Å². The van der Waals surface area contributed by atoms with Crippen molar-refractivity contribution in [1.82, 2.24) is 10.2 Å². The fraction of sp³-hybridized carbons (Fsp3) is 0.111. The summed E-state index contributed by atoms with van der Waals surface area (Å²) in [6.07, 6.45) is 1.45. The zero-order chi connectivity index (χ0) is 26.4. The number of halogens is 1. The van der Waals surface area contributed by atoms with Gasteiger partial charge in [-0.25, -0.2) is 14.1 Å². The lowest BCUT2D eigenvalue weighted by molar-refractivity contribution is -0.127. The average molecular weight is 503 g/mol. The Morgan fingerprint density at radius 2 is 1.65 bits per heavy atom. The maximum atomic E-state index is 13.7. The number of hydrogen-bond donors (Lipinski definition) is 3. The third kappa shape index (κ3) is 6.57. The Morgan fingerprint density at radius 3 is 2.35 bits per heavy atom. The first-order valence-corrected chi connectivity index (χ1v) is 11.3. The molecule has 0 radical (unpaired) electrons. The van der Waals surface area contributed by atoms with Gasteiger partial charge in [0.2, 0.25) is 5.91 Å². The largest absolute Gasteiger partial charge is 0.484 e. The molecule has 0 aromatic heterocycles. The number of rotatable bonds is 8. The van der Waals surface area contributed by atoms with Gasteiger partial charge in [0, 0.05) is 5.69 Å². The Kier molecular flexibility index (Phi) is 7.58. The number of nitrogens with zero attached hydrogens (tertiary/aromatic N) is 1. The fourth-order valence-electron chi connectivity index (χ4n) is 3.42. The van der Waals surface area contributed by atoms with Gasteiger partial charge >= 0.3 is 6.03 Å². The Labute approximate surface area is 211 Å². The highest BCUT2D eigenvalue weighted by atomic mass is 19.1. The van der Waals surface area contributed by atoms with Crippen LogP contribution < -0.4 is 20.7 Å². The number of carbonyl (C=O) groups is 4. The average Bonchev–Trinajstić information content (AvgIpc) is 3.13. The van der Waals surface area contributed by atoms with Crippen LogP contribution in [0.3, 0.4) is 0 Å². The van der Waals surface area contributed by atoms with Gasteiger partial charge in [-0.15, -0.1) is 0 Å². The molecule has 1 heterocycles. The van der Waals surface area contributed by atoms with Gasteiger partial charge in [-0.05, 0) is 55.0 Å². The maximum absolute atomic E-state index is 13.7. The molecule has 0 saturated carbocycles. The van der Waals surface area contributed by atoms with E-state index >= 15 is 0 Å². The van der Waals surface area contributed by atoms with Crippen LogP contribution in [0, 0.1) is 12.7 Å². The summed E-state index contributed by atoms with van der Waals surface area (Å²) in [5.74, 6) is -1.92. The van der Waals surface area contributed by atoms with Gasteiger partial charge in [0.05, 0.1) is 5.69 Å². The lowest BCUT2D eigenvalue weighted by Gasteiger charge is -2.12. The van der Waals surface area contributed by atoms with E-state index in [9.17, 15) is 23.6 Å². The van der Waals surface area contributed by atoms with Crippen molar-refractivity contribution in [3.8, 4) is 5.75 Å². The van der Waals surface area contributed by atoms with Gasteiger partial charge in [-0.3, -0.25) is 14.4 Å². The van der Waals surface area contributed by atoms with Crippen LogP contribution in [0.15, 0.2) is 78.5 Å². The summed E-state index contributed by atoms with van der Waals surface area (Å²) in [6.45, 7) is 1.19. The quantitative estimate of drug-likeness (QED) is 0.321. The molecular weight excluding hydrogens is 479 g/mol. The third-order valence-corrected chi connectivity index (χ3v) is 5.31. The molecular formula is C27H23FN4O5. The molecule has 0 bridgehead atoms. The third-order valence-electron chi connectivity index (χ3n) is 5.31. The van der Waals surface area contributed by atoms with E-state index in [1.807, 2.05) is 19.1 Å². The van der Waals surface area contributed by atoms with Gasteiger partial charge in [0.1, 0.15) is 23.8 Å². The summed E-state index contributed by atoms with van der Waals surface area (Å²) in [4.78, 5) is 49.9. The van der Waals surface area contributed by atoms with Crippen molar-refractivity contribution < 1.29 is 28.3 Å². The van der Waals surface area contributed by atoms with E-state index in [1.54, 1.807) is 42.5 Å². The first-order valence-electron chi connectivity index (χ1n) is 11.3. The molecule has 4 rings (SSSR count). The molecule has 1 fully saturated rings. The Morgan fingerprint density at radius 1 is 0.946 bits per heavy atom. The van der Waals surface area contributed by atoms with E-state index in [-0.39, 0.29) is 23.9 Å². The molecule has 1 aliphatic heterocycles. The standard InChI is InChI=1S/C27H23FN4O5/c1-17-6-10-19(11-7-17)29-25(34)16-37-20-12-8-18(9-13-20)14-23-26(35)32(27(36)31-23)15-24(33)30-22-5-3-2-4-21(22)28/h2-14H,15-16H2,1H3,(H,29,34)(H,30,33)(H,31,36)/b23-14+. The highest BCUT2D eigenvalue weighted by molar-refractivity contribution is 6.15. The molecule has 37 heavy (non-hydrogen) atoms. The van der Waals surface area contributed by atoms with E-state index in [0.717, 1.165) is 10.5 Å². The Bertz CT molecular complexity index is 1370. The number of amides is 5. The van der Waals surface area contributed by atoms with Crippen molar-refractivity contribution in [3.05, 3.63) is 95.4 Å². The number of nitrogens with one attached hydrogen (secondary N) is 3. The van der Waals surface area contributed by atoms with Crippen LogP contribution >= 0.6 is 0 Å². The highest BCUT2D eigenvalue weighted by Gasteiger charge is 2.35. The molecule has 0 atom stereocenters.